The molecule has 0 saturated heterocycles. The monoisotopic (exact) mass is 277 g/mol. The lowest BCUT2D eigenvalue weighted by Gasteiger charge is -2.18. The Morgan fingerprint density at radius 2 is 1.95 bits per heavy atom. The van der Waals surface area contributed by atoms with Crippen LogP contribution in [0.1, 0.15) is 32.9 Å². The number of nitrogens with zero attached hydrogens (tertiary/aromatic N) is 5. The Balaban J connectivity index is 2.15. The van der Waals surface area contributed by atoms with Crippen LogP contribution in [0.4, 0.5) is 0 Å². The molecule has 6 heteroatoms. The van der Waals surface area contributed by atoms with Crippen LogP contribution in [-0.4, -0.2) is 43.5 Å². The highest BCUT2D eigenvalue weighted by molar-refractivity contribution is 5.78. The van der Waals surface area contributed by atoms with Crippen molar-refractivity contribution in [2.45, 2.75) is 47.2 Å². The largest absolute Gasteiger partial charge is 0.343 e. The van der Waals surface area contributed by atoms with Gasteiger partial charge in [0.1, 0.15) is 11.0 Å². The number of hydrogen-bond donors (Lipinski definition) is 0. The van der Waals surface area contributed by atoms with Gasteiger partial charge in [-0.15, -0.1) is 0 Å². The van der Waals surface area contributed by atoms with Crippen molar-refractivity contribution in [3.05, 3.63) is 11.9 Å². The maximum atomic E-state index is 12.0. The summed E-state index contributed by atoms with van der Waals surface area (Å²) < 4.78 is 3.84. The summed E-state index contributed by atoms with van der Waals surface area (Å²) in [7, 11) is 0. The van der Waals surface area contributed by atoms with Crippen LogP contribution >= 0.6 is 0 Å². The van der Waals surface area contributed by atoms with Crippen LogP contribution in [0.15, 0.2) is 6.20 Å². The van der Waals surface area contributed by atoms with Crippen LogP contribution in [0.3, 0.4) is 0 Å². The molecule has 0 aliphatic heterocycles. The summed E-state index contributed by atoms with van der Waals surface area (Å²) >= 11 is 0. The van der Waals surface area contributed by atoms with E-state index >= 15 is 0 Å². The first kappa shape index (κ1) is 14.6. The molecule has 0 aromatic carbocycles. The Hall–Kier alpha value is -1.85. The van der Waals surface area contributed by atoms with E-state index in [-0.39, 0.29) is 5.91 Å². The molecule has 0 unspecified atom stereocenters. The number of aromatic nitrogens is 4. The smallest absolute Gasteiger partial charge is 0.224 e. The SMILES string of the molecule is CCN(CC)C(=O)CCn1ncc2c1c(C)nn2CC. The predicted molar refractivity (Wildman–Crippen MR) is 78.5 cm³/mol. The summed E-state index contributed by atoms with van der Waals surface area (Å²) in [5.41, 5.74) is 3.05. The number of hydrogen-bond acceptors (Lipinski definition) is 3. The Morgan fingerprint density at radius 1 is 1.25 bits per heavy atom. The standard InChI is InChI=1S/C14H23N5O/c1-5-17(6-2)13(20)8-9-19-14-11(4)16-18(7-3)12(14)10-15-19/h10H,5-9H2,1-4H3. The van der Waals surface area contributed by atoms with Crippen molar-refractivity contribution < 1.29 is 4.79 Å². The normalized spacial score (nSPS) is 11.2. The maximum Gasteiger partial charge on any atom is 0.224 e. The summed E-state index contributed by atoms with van der Waals surface area (Å²) in [5.74, 6) is 0.180. The van der Waals surface area contributed by atoms with Crippen molar-refractivity contribution in [1.29, 1.82) is 0 Å². The summed E-state index contributed by atoms with van der Waals surface area (Å²) in [6, 6.07) is 0. The molecule has 1 amide bonds. The maximum absolute atomic E-state index is 12.0. The second-order valence-corrected chi connectivity index (χ2v) is 4.82. The van der Waals surface area contributed by atoms with Gasteiger partial charge in [-0.05, 0) is 27.7 Å². The fourth-order valence-corrected chi connectivity index (χ4v) is 2.57. The van der Waals surface area contributed by atoms with E-state index < -0.39 is 0 Å². The quantitative estimate of drug-likeness (QED) is 0.809. The van der Waals surface area contributed by atoms with Gasteiger partial charge < -0.3 is 4.90 Å². The van der Waals surface area contributed by atoms with Gasteiger partial charge in [-0.2, -0.15) is 10.2 Å². The molecule has 2 aromatic heterocycles. The molecule has 0 spiro atoms. The van der Waals surface area contributed by atoms with E-state index in [1.807, 2.05) is 41.2 Å². The highest BCUT2D eigenvalue weighted by Crippen LogP contribution is 2.18. The number of carbonyl (C=O) groups is 1. The van der Waals surface area contributed by atoms with Gasteiger partial charge in [-0.25, -0.2) is 0 Å². The predicted octanol–water partition coefficient (Wildman–Crippen LogP) is 1.82. The Morgan fingerprint density at radius 3 is 2.55 bits per heavy atom. The lowest BCUT2D eigenvalue weighted by atomic mass is 10.3. The molecule has 2 heterocycles. The Bertz CT molecular complexity index is 594. The van der Waals surface area contributed by atoms with Crippen LogP contribution in [0, 0.1) is 6.92 Å². The zero-order chi connectivity index (χ0) is 14.7. The minimum atomic E-state index is 0.180. The van der Waals surface area contributed by atoms with Gasteiger partial charge in [-0.3, -0.25) is 14.2 Å². The number of fused-ring (bicyclic) bond motifs is 1. The molecule has 0 radical (unpaired) electrons. The fourth-order valence-electron chi connectivity index (χ4n) is 2.57. The summed E-state index contributed by atoms with van der Waals surface area (Å²) in [6.07, 6.45) is 2.32. The van der Waals surface area contributed by atoms with Crippen LogP contribution in [0.25, 0.3) is 11.0 Å². The fraction of sp³-hybridized carbons (Fsp3) is 0.643. The summed E-state index contributed by atoms with van der Waals surface area (Å²) in [4.78, 5) is 13.9. The van der Waals surface area contributed by atoms with Crippen molar-refractivity contribution in [3.8, 4) is 0 Å². The molecule has 0 N–H and O–H groups in total. The van der Waals surface area contributed by atoms with E-state index in [0.717, 1.165) is 36.4 Å². The molecule has 2 aromatic rings. The number of rotatable bonds is 6. The molecule has 0 fully saturated rings. The number of aryl methyl sites for hydroxylation is 3. The molecular weight excluding hydrogens is 254 g/mol. The third-order valence-electron chi connectivity index (χ3n) is 3.66. The second-order valence-electron chi connectivity index (χ2n) is 4.82. The van der Waals surface area contributed by atoms with Gasteiger partial charge in [0.25, 0.3) is 0 Å². The van der Waals surface area contributed by atoms with E-state index in [9.17, 15) is 4.79 Å². The first-order valence-electron chi connectivity index (χ1n) is 7.29. The van der Waals surface area contributed by atoms with Crippen molar-refractivity contribution >= 4 is 16.9 Å². The third kappa shape index (κ3) is 2.55. The molecule has 2 rings (SSSR count). The minimum Gasteiger partial charge on any atom is -0.343 e. The van der Waals surface area contributed by atoms with E-state index in [0.29, 0.717) is 13.0 Å². The van der Waals surface area contributed by atoms with Gasteiger partial charge in [0.2, 0.25) is 5.91 Å². The molecule has 0 saturated carbocycles. The van der Waals surface area contributed by atoms with Crippen molar-refractivity contribution in [2.75, 3.05) is 13.1 Å². The van der Waals surface area contributed by atoms with Crippen LogP contribution in [0.5, 0.6) is 0 Å². The van der Waals surface area contributed by atoms with Crippen LogP contribution in [0.2, 0.25) is 0 Å². The van der Waals surface area contributed by atoms with Crippen molar-refractivity contribution in [3.63, 3.8) is 0 Å². The topological polar surface area (TPSA) is 56.0 Å². The van der Waals surface area contributed by atoms with Gasteiger partial charge in [0.05, 0.1) is 18.4 Å². The van der Waals surface area contributed by atoms with E-state index in [4.69, 9.17) is 0 Å². The first-order valence-corrected chi connectivity index (χ1v) is 7.29. The first-order chi connectivity index (χ1) is 9.62. The lowest BCUT2D eigenvalue weighted by molar-refractivity contribution is -0.131. The second kappa shape index (κ2) is 6.07. The van der Waals surface area contributed by atoms with E-state index in [1.54, 1.807) is 0 Å². The number of amides is 1. The van der Waals surface area contributed by atoms with Crippen LogP contribution < -0.4 is 0 Å². The van der Waals surface area contributed by atoms with Gasteiger partial charge >= 0.3 is 0 Å². The highest BCUT2D eigenvalue weighted by atomic mass is 16.2. The number of carbonyl (C=O) groups excluding carboxylic acids is 1. The molecule has 0 aliphatic rings. The summed E-state index contributed by atoms with van der Waals surface area (Å²) in [5, 5.41) is 8.88. The van der Waals surface area contributed by atoms with Crippen LogP contribution in [-0.2, 0) is 17.9 Å². The molecule has 110 valence electrons. The summed E-state index contributed by atoms with van der Waals surface area (Å²) in [6.45, 7) is 11.0. The zero-order valence-electron chi connectivity index (χ0n) is 12.8. The Labute approximate surface area is 119 Å². The molecule has 0 aliphatic carbocycles. The molecule has 0 bridgehead atoms. The van der Waals surface area contributed by atoms with Crippen molar-refractivity contribution in [1.82, 2.24) is 24.5 Å². The van der Waals surface area contributed by atoms with Crippen molar-refractivity contribution in [2.24, 2.45) is 0 Å². The van der Waals surface area contributed by atoms with E-state index in [2.05, 4.69) is 17.1 Å². The van der Waals surface area contributed by atoms with Gasteiger partial charge in [0.15, 0.2) is 0 Å². The van der Waals surface area contributed by atoms with Gasteiger partial charge in [0, 0.05) is 26.1 Å². The average Bonchev–Trinajstić information content (AvgIpc) is 2.99. The van der Waals surface area contributed by atoms with E-state index in [1.165, 1.54) is 0 Å². The Kier molecular flexibility index (Phi) is 4.42. The molecule has 0 atom stereocenters. The third-order valence-corrected chi connectivity index (χ3v) is 3.66. The average molecular weight is 277 g/mol. The highest BCUT2D eigenvalue weighted by Gasteiger charge is 2.15. The molecule has 20 heavy (non-hydrogen) atoms. The zero-order valence-corrected chi connectivity index (χ0v) is 12.8. The molecule has 6 nitrogen and oxygen atoms in total. The minimum absolute atomic E-state index is 0.180. The van der Waals surface area contributed by atoms with Gasteiger partial charge in [-0.1, -0.05) is 0 Å². The molecular formula is C14H23N5O. The lowest BCUT2D eigenvalue weighted by Crippen LogP contribution is -2.31.